The summed E-state index contributed by atoms with van der Waals surface area (Å²) in [4.78, 5) is 40.3. The highest BCUT2D eigenvalue weighted by molar-refractivity contribution is 6.26. The van der Waals surface area contributed by atoms with Crippen LogP contribution in [0.5, 0.6) is 0 Å². The van der Waals surface area contributed by atoms with E-state index in [1.807, 2.05) is 45.6 Å². The summed E-state index contributed by atoms with van der Waals surface area (Å²) in [7, 11) is 0. The molecule has 1 saturated heterocycles. The third-order valence-corrected chi connectivity index (χ3v) is 15.7. The second kappa shape index (κ2) is 16.5. The van der Waals surface area contributed by atoms with Gasteiger partial charge in [-0.05, 0) is 114 Å². The first-order valence-corrected chi connectivity index (χ1v) is 20.9. The smallest absolute Gasteiger partial charge is 0.309 e. The largest absolute Gasteiger partial charge is 0.459 e. The van der Waals surface area contributed by atoms with Gasteiger partial charge in [-0.25, -0.2) is 0 Å². The number of hydrogen-bond acceptors (Lipinski definition) is 10. The van der Waals surface area contributed by atoms with Crippen LogP contribution in [0.1, 0.15) is 113 Å². The van der Waals surface area contributed by atoms with Crippen LogP contribution in [0.2, 0.25) is 0 Å². The van der Waals surface area contributed by atoms with Crippen molar-refractivity contribution in [1.82, 2.24) is 10.2 Å². The fraction of sp³-hybridized carbons (Fsp3) is 0.833. The maximum Gasteiger partial charge on any atom is 0.309 e. The first kappa shape index (κ1) is 43.3. The van der Waals surface area contributed by atoms with E-state index in [4.69, 9.17) is 16.3 Å². The quantitative estimate of drug-likeness (QED) is 0.131. The molecule has 0 radical (unpaired) electrons. The molecule has 54 heavy (non-hydrogen) atoms. The highest BCUT2D eigenvalue weighted by atomic mass is 35.5. The van der Waals surface area contributed by atoms with E-state index in [1.54, 1.807) is 19.9 Å². The Morgan fingerprint density at radius 1 is 1.02 bits per heavy atom. The average Bonchev–Trinajstić information content (AvgIpc) is 3.32. The fourth-order valence-corrected chi connectivity index (χ4v) is 12.0. The number of allylic oxidation sites excluding steroid dienone is 4. The van der Waals surface area contributed by atoms with Crippen molar-refractivity contribution in [3.63, 3.8) is 0 Å². The number of esters is 1. The number of carbonyl (C=O) groups is 3. The normalized spacial score (nSPS) is 46.6. The van der Waals surface area contributed by atoms with Crippen LogP contribution in [0.3, 0.4) is 0 Å². The summed E-state index contributed by atoms with van der Waals surface area (Å²) < 4.78 is 5.70. The lowest BCUT2D eigenvalue weighted by Crippen LogP contribution is -2.69. The predicted molar refractivity (Wildman–Crippen MR) is 206 cm³/mol. The molecule has 0 spiro atoms. The first-order chi connectivity index (χ1) is 25.3. The third kappa shape index (κ3) is 7.49. The van der Waals surface area contributed by atoms with E-state index < -0.39 is 81.6 Å². The molecule has 15 atom stereocenters. The molecule has 0 aromatic carbocycles. The molecule has 5 aliphatic rings. The maximum atomic E-state index is 14.2. The van der Waals surface area contributed by atoms with E-state index in [-0.39, 0.29) is 36.5 Å². The molecule has 0 bridgehead atoms. The predicted octanol–water partition coefficient (Wildman–Crippen LogP) is 4.05. The zero-order valence-electron chi connectivity index (χ0n) is 33.5. The van der Waals surface area contributed by atoms with Crippen molar-refractivity contribution in [1.29, 1.82) is 0 Å². The Hall–Kier alpha value is -1.86. The Bertz CT molecular complexity index is 1460. The molecule has 1 amide bonds. The van der Waals surface area contributed by atoms with Crippen LogP contribution < -0.4 is 5.32 Å². The van der Waals surface area contributed by atoms with Crippen molar-refractivity contribution < 1.29 is 44.7 Å². The summed E-state index contributed by atoms with van der Waals surface area (Å²) in [5.41, 5.74) is -2.49. The number of fused-ring (bicyclic) bond motifs is 5. The Balaban J connectivity index is 1.27. The Labute approximate surface area is 326 Å². The SMILES string of the molecule is CC[C@H]1OC(=O)[C@H](C)C[C@H](C)C[C@H](O)CCCN(CCCNC(=O)[C@@]2(O)[C@@H](C)CC3C4CCC5=CC(=O)C=C[C@]5(C)[C@@]4(Cl)[C@@H](O)C[C@@]32C)[C@H](C)[C@@H](O)[C@@H]1O. The zero-order chi connectivity index (χ0) is 40.0. The van der Waals surface area contributed by atoms with E-state index in [0.29, 0.717) is 70.9 Å². The van der Waals surface area contributed by atoms with Gasteiger partial charge in [-0.3, -0.25) is 19.3 Å². The summed E-state index contributed by atoms with van der Waals surface area (Å²) in [6.07, 6.45) is 5.23. The van der Waals surface area contributed by atoms with E-state index in [9.17, 15) is 39.9 Å². The summed E-state index contributed by atoms with van der Waals surface area (Å²) in [5.74, 6) is -1.99. The molecule has 0 aromatic heterocycles. The van der Waals surface area contributed by atoms with Gasteiger partial charge in [0.15, 0.2) is 11.4 Å². The Morgan fingerprint density at radius 3 is 2.41 bits per heavy atom. The van der Waals surface area contributed by atoms with Gasteiger partial charge in [0.1, 0.15) is 12.2 Å². The minimum absolute atomic E-state index is 0.0787. The summed E-state index contributed by atoms with van der Waals surface area (Å²) in [5, 5.41) is 60.7. The molecule has 306 valence electrons. The molecule has 2 unspecified atom stereocenters. The van der Waals surface area contributed by atoms with Gasteiger partial charge in [0, 0.05) is 30.0 Å². The van der Waals surface area contributed by atoms with Crippen LogP contribution in [0.25, 0.3) is 0 Å². The second-order valence-electron chi connectivity index (χ2n) is 18.2. The Kier molecular flexibility index (Phi) is 13.3. The average molecular weight is 779 g/mol. The van der Waals surface area contributed by atoms with Gasteiger partial charge in [0.05, 0.1) is 29.1 Å². The number of aliphatic hydroxyl groups is 5. The zero-order valence-corrected chi connectivity index (χ0v) is 34.2. The van der Waals surface area contributed by atoms with Gasteiger partial charge in [0.2, 0.25) is 0 Å². The fourth-order valence-electron chi connectivity index (χ4n) is 11.5. The molecule has 4 fully saturated rings. The minimum Gasteiger partial charge on any atom is -0.459 e. The lowest BCUT2D eigenvalue weighted by molar-refractivity contribution is -0.179. The Morgan fingerprint density at radius 2 is 1.72 bits per heavy atom. The van der Waals surface area contributed by atoms with Crippen molar-refractivity contribution >= 4 is 29.3 Å². The first-order valence-electron chi connectivity index (χ1n) is 20.6. The van der Waals surface area contributed by atoms with Crippen LogP contribution in [0, 0.1) is 40.4 Å². The monoisotopic (exact) mass is 778 g/mol. The number of carbonyl (C=O) groups excluding carboxylic acids is 3. The van der Waals surface area contributed by atoms with Crippen LogP contribution in [0.4, 0.5) is 0 Å². The standard InChI is InChI=1S/C42H67ClN2O9/c1-8-33-36(50)35(49)27(5)45(17-9-11-29(46)20-24(2)19-25(3)37(51)54-33)18-10-16-44-38(52)42(53)26(4)21-32-31-13-12-28-22-30(47)14-15-39(28,6)41(31,43)34(48)23-40(32,42)7/h14-15,22,24-27,29,31-36,46,48-50,53H,8-13,16-21,23H2,1-7H3,(H,44,52)/t24-,25+,26-,27+,29+,31?,32?,33+,34-,35+,36+,39-,40-,41-,42-/m0/s1. The highest BCUT2D eigenvalue weighted by Gasteiger charge is 2.74. The highest BCUT2D eigenvalue weighted by Crippen LogP contribution is 2.71. The molecular weight excluding hydrogens is 712 g/mol. The topological polar surface area (TPSA) is 177 Å². The molecule has 3 saturated carbocycles. The van der Waals surface area contributed by atoms with Crippen molar-refractivity contribution in [2.75, 3.05) is 19.6 Å². The molecule has 12 heteroatoms. The lowest BCUT2D eigenvalue weighted by Gasteiger charge is -2.63. The molecule has 5 rings (SSSR count). The van der Waals surface area contributed by atoms with Crippen LogP contribution >= 0.6 is 11.6 Å². The number of rotatable bonds is 6. The summed E-state index contributed by atoms with van der Waals surface area (Å²) in [6, 6.07) is -0.523. The molecular formula is C42H67ClN2O9. The molecule has 4 aliphatic carbocycles. The number of hydrogen-bond donors (Lipinski definition) is 6. The van der Waals surface area contributed by atoms with E-state index in [1.165, 1.54) is 6.08 Å². The number of halogens is 1. The molecule has 1 heterocycles. The van der Waals surface area contributed by atoms with Crippen molar-refractivity contribution in [2.24, 2.45) is 40.4 Å². The number of ketones is 1. The third-order valence-electron chi connectivity index (χ3n) is 14.8. The van der Waals surface area contributed by atoms with Gasteiger partial charge < -0.3 is 35.6 Å². The van der Waals surface area contributed by atoms with Crippen LogP contribution in [-0.4, -0.2) is 115 Å². The van der Waals surface area contributed by atoms with Gasteiger partial charge in [-0.1, -0.05) is 53.2 Å². The molecule has 6 N–H and O–H groups in total. The maximum absolute atomic E-state index is 14.2. The number of nitrogens with zero attached hydrogens (tertiary/aromatic N) is 1. The molecule has 11 nitrogen and oxygen atoms in total. The summed E-state index contributed by atoms with van der Waals surface area (Å²) >= 11 is 7.56. The minimum atomic E-state index is -1.75. The number of aliphatic hydroxyl groups excluding tert-OH is 4. The van der Waals surface area contributed by atoms with Crippen molar-refractivity contribution in [2.45, 2.75) is 160 Å². The van der Waals surface area contributed by atoms with E-state index >= 15 is 0 Å². The number of cyclic esters (lactones) is 1. The number of ether oxygens (including phenoxy) is 1. The van der Waals surface area contributed by atoms with Gasteiger partial charge in [-0.15, -0.1) is 11.6 Å². The summed E-state index contributed by atoms with van der Waals surface area (Å²) in [6.45, 7) is 14.5. The van der Waals surface area contributed by atoms with E-state index in [0.717, 1.165) is 5.57 Å². The number of nitrogens with one attached hydrogen (secondary N) is 1. The molecule has 1 aliphatic heterocycles. The second-order valence-corrected chi connectivity index (χ2v) is 18.8. The number of amides is 1. The van der Waals surface area contributed by atoms with Crippen LogP contribution in [0.15, 0.2) is 23.8 Å². The van der Waals surface area contributed by atoms with Crippen molar-refractivity contribution in [3.05, 3.63) is 23.8 Å². The van der Waals surface area contributed by atoms with Gasteiger partial charge in [0.25, 0.3) is 5.91 Å². The number of alkyl halides is 1. The lowest BCUT2D eigenvalue weighted by atomic mass is 9.45. The van der Waals surface area contributed by atoms with Crippen molar-refractivity contribution in [3.8, 4) is 0 Å². The van der Waals surface area contributed by atoms with Gasteiger partial charge >= 0.3 is 5.97 Å². The molecule has 0 aromatic rings. The van der Waals surface area contributed by atoms with Gasteiger partial charge in [-0.2, -0.15) is 0 Å². The van der Waals surface area contributed by atoms with E-state index in [2.05, 4.69) is 5.32 Å². The van der Waals surface area contributed by atoms with Crippen LogP contribution in [-0.2, 0) is 19.1 Å².